The van der Waals surface area contributed by atoms with E-state index in [1.54, 1.807) is 6.92 Å². The van der Waals surface area contributed by atoms with E-state index in [2.05, 4.69) is 42.6 Å². The van der Waals surface area contributed by atoms with Gasteiger partial charge in [0.25, 0.3) is 15.9 Å². The largest absolute Gasteiger partial charge is 0.494 e. The Bertz CT molecular complexity index is 1410. The molecule has 0 aliphatic carbocycles. The summed E-state index contributed by atoms with van der Waals surface area (Å²) in [6, 6.07) is 12.6. The molecular formula is C27H32N4O4S. The van der Waals surface area contributed by atoms with Gasteiger partial charge in [0.1, 0.15) is 22.0 Å². The first-order valence-electron chi connectivity index (χ1n) is 11.8. The lowest BCUT2D eigenvalue weighted by Crippen LogP contribution is -2.52. The number of pyridine rings is 1. The molecule has 8 nitrogen and oxygen atoms in total. The fraction of sp³-hybridized carbons (Fsp3) is 0.333. The number of ether oxygens (including phenoxy) is 1. The number of aryl methyl sites for hydroxylation is 3. The SMILES string of the molecule is CCOc1cccc2c1CN(Cc1c(C)cc(C)cc1C)C2(C)C(=O)NS(=O)(=O)c1cccnc1N. The molecule has 0 spiro atoms. The molecule has 0 saturated carbocycles. The molecule has 3 aromatic rings. The zero-order valence-electron chi connectivity index (χ0n) is 21.3. The summed E-state index contributed by atoms with van der Waals surface area (Å²) in [5, 5.41) is 0. The molecule has 2 heterocycles. The maximum atomic E-state index is 13.9. The number of hydrogen-bond acceptors (Lipinski definition) is 7. The molecule has 0 bridgehead atoms. The van der Waals surface area contributed by atoms with E-state index in [1.165, 1.54) is 18.3 Å². The van der Waals surface area contributed by atoms with Crippen LogP contribution in [0.4, 0.5) is 5.82 Å². The van der Waals surface area contributed by atoms with Crippen LogP contribution in [-0.4, -0.2) is 30.8 Å². The molecule has 0 saturated heterocycles. The van der Waals surface area contributed by atoms with E-state index in [1.807, 2.05) is 30.0 Å². The number of benzene rings is 2. The number of carbonyl (C=O) groups excluding carboxylic acids is 1. The van der Waals surface area contributed by atoms with E-state index >= 15 is 0 Å². The van der Waals surface area contributed by atoms with Gasteiger partial charge in [-0.25, -0.2) is 18.1 Å². The molecule has 1 amide bonds. The fourth-order valence-electron chi connectivity index (χ4n) is 5.03. The summed E-state index contributed by atoms with van der Waals surface area (Å²) in [6.07, 6.45) is 1.40. The predicted molar refractivity (Wildman–Crippen MR) is 139 cm³/mol. The minimum atomic E-state index is -4.25. The van der Waals surface area contributed by atoms with Crippen molar-refractivity contribution < 1.29 is 17.9 Å². The van der Waals surface area contributed by atoms with Crippen molar-refractivity contribution in [1.29, 1.82) is 0 Å². The smallest absolute Gasteiger partial charge is 0.267 e. The molecular weight excluding hydrogens is 476 g/mol. The van der Waals surface area contributed by atoms with Gasteiger partial charge in [0.15, 0.2) is 0 Å². The molecule has 1 atom stereocenters. The molecule has 0 fully saturated rings. The number of nitrogens with zero attached hydrogens (tertiary/aromatic N) is 2. The quantitative estimate of drug-likeness (QED) is 0.500. The highest BCUT2D eigenvalue weighted by molar-refractivity contribution is 7.90. The minimum absolute atomic E-state index is 0.170. The third-order valence-electron chi connectivity index (χ3n) is 6.89. The van der Waals surface area contributed by atoms with Crippen molar-refractivity contribution in [3.63, 3.8) is 0 Å². The second-order valence-corrected chi connectivity index (χ2v) is 11.0. The van der Waals surface area contributed by atoms with Crippen LogP contribution < -0.4 is 15.2 Å². The first kappa shape index (κ1) is 25.7. The monoisotopic (exact) mass is 508 g/mol. The van der Waals surface area contributed by atoms with Gasteiger partial charge in [-0.3, -0.25) is 9.69 Å². The molecule has 4 rings (SSSR count). The maximum absolute atomic E-state index is 13.9. The van der Waals surface area contributed by atoms with E-state index in [9.17, 15) is 13.2 Å². The Morgan fingerprint density at radius 2 is 1.86 bits per heavy atom. The van der Waals surface area contributed by atoms with Crippen LogP contribution in [0.25, 0.3) is 0 Å². The second kappa shape index (κ2) is 9.55. The zero-order valence-corrected chi connectivity index (χ0v) is 22.1. The van der Waals surface area contributed by atoms with E-state index in [-0.39, 0.29) is 10.7 Å². The fourth-order valence-corrected chi connectivity index (χ4v) is 6.17. The number of carbonyl (C=O) groups is 1. The zero-order chi connectivity index (χ0) is 26.3. The summed E-state index contributed by atoms with van der Waals surface area (Å²) in [4.78, 5) is 19.5. The minimum Gasteiger partial charge on any atom is -0.494 e. The van der Waals surface area contributed by atoms with Crippen molar-refractivity contribution >= 4 is 21.7 Å². The highest BCUT2D eigenvalue weighted by Gasteiger charge is 2.49. The molecule has 9 heteroatoms. The van der Waals surface area contributed by atoms with E-state index in [0.717, 1.165) is 27.8 Å². The number of aromatic nitrogens is 1. The lowest BCUT2D eigenvalue weighted by Gasteiger charge is -2.35. The summed E-state index contributed by atoms with van der Waals surface area (Å²) in [7, 11) is -4.25. The molecule has 0 radical (unpaired) electrons. The van der Waals surface area contributed by atoms with Crippen molar-refractivity contribution in [2.45, 2.75) is 58.1 Å². The van der Waals surface area contributed by atoms with Gasteiger partial charge in [0.05, 0.1) is 6.61 Å². The Morgan fingerprint density at radius 3 is 2.50 bits per heavy atom. The number of nitrogen functional groups attached to an aromatic ring is 1. The average Bonchev–Trinajstić information content (AvgIpc) is 3.10. The summed E-state index contributed by atoms with van der Waals surface area (Å²) >= 11 is 0. The van der Waals surface area contributed by atoms with E-state index < -0.39 is 21.5 Å². The van der Waals surface area contributed by atoms with Crippen molar-refractivity contribution in [3.8, 4) is 5.75 Å². The number of nitrogens with two attached hydrogens (primary N) is 1. The van der Waals surface area contributed by atoms with Gasteiger partial charge in [-0.05, 0) is 75.1 Å². The van der Waals surface area contributed by atoms with Crippen LogP contribution in [-0.2, 0) is 33.4 Å². The predicted octanol–water partition coefficient (Wildman–Crippen LogP) is 3.72. The van der Waals surface area contributed by atoms with Crippen LogP contribution in [0, 0.1) is 20.8 Å². The highest BCUT2D eigenvalue weighted by atomic mass is 32.2. The molecule has 1 aliphatic rings. The molecule has 2 aromatic carbocycles. The first-order chi connectivity index (χ1) is 17.0. The average molecular weight is 509 g/mol. The maximum Gasteiger partial charge on any atom is 0.267 e. The van der Waals surface area contributed by atoms with Crippen LogP contribution in [0.5, 0.6) is 5.75 Å². The number of hydrogen-bond donors (Lipinski definition) is 2. The Morgan fingerprint density at radius 1 is 1.17 bits per heavy atom. The van der Waals surface area contributed by atoms with Gasteiger partial charge in [-0.15, -0.1) is 0 Å². The molecule has 1 aliphatic heterocycles. The van der Waals surface area contributed by atoms with Gasteiger partial charge in [-0.2, -0.15) is 0 Å². The topological polar surface area (TPSA) is 115 Å². The third kappa shape index (κ3) is 4.44. The Balaban J connectivity index is 1.80. The number of amides is 1. The van der Waals surface area contributed by atoms with Gasteiger partial charge >= 0.3 is 0 Å². The van der Waals surface area contributed by atoms with Crippen molar-refractivity contribution in [2.24, 2.45) is 0 Å². The Kier molecular flexibility index (Phi) is 6.81. The van der Waals surface area contributed by atoms with E-state index in [0.29, 0.717) is 31.0 Å². The highest BCUT2D eigenvalue weighted by Crippen LogP contribution is 2.44. The number of anilines is 1. The van der Waals surface area contributed by atoms with Crippen LogP contribution in [0.1, 0.15) is 47.2 Å². The third-order valence-corrected chi connectivity index (χ3v) is 8.26. The van der Waals surface area contributed by atoms with Gasteiger partial charge in [-0.1, -0.05) is 29.8 Å². The van der Waals surface area contributed by atoms with Crippen molar-refractivity contribution in [2.75, 3.05) is 12.3 Å². The van der Waals surface area contributed by atoms with Gasteiger partial charge < -0.3 is 10.5 Å². The summed E-state index contributed by atoms with van der Waals surface area (Å²) in [6.45, 7) is 11.2. The molecule has 1 unspecified atom stereocenters. The van der Waals surface area contributed by atoms with Gasteiger partial charge in [0, 0.05) is 24.8 Å². The molecule has 1 aromatic heterocycles. The summed E-state index contributed by atoms with van der Waals surface area (Å²) in [5.41, 5.74) is 10.6. The van der Waals surface area contributed by atoms with Crippen molar-refractivity contribution in [1.82, 2.24) is 14.6 Å². The Hall–Kier alpha value is -3.43. The second-order valence-electron chi connectivity index (χ2n) is 9.34. The number of sulfonamides is 1. The number of nitrogens with one attached hydrogen (secondary N) is 1. The lowest BCUT2D eigenvalue weighted by molar-refractivity contribution is -0.131. The summed E-state index contributed by atoms with van der Waals surface area (Å²) in [5.74, 6) is -0.148. The number of fused-ring (bicyclic) bond motifs is 1. The number of rotatable bonds is 7. The molecule has 190 valence electrons. The molecule has 3 N–H and O–H groups in total. The van der Waals surface area contributed by atoms with Crippen LogP contribution in [0.3, 0.4) is 0 Å². The Labute approximate surface area is 212 Å². The standard InChI is InChI=1S/C27H32N4O4S/c1-6-35-23-10-7-9-22-21(23)16-31(15-20-18(3)13-17(2)14-19(20)4)27(22,5)26(32)30-36(33,34)24-11-8-12-29-25(24)28/h7-14H,6,15-16H2,1-5H3,(H2,28,29)(H,30,32). The lowest BCUT2D eigenvalue weighted by atomic mass is 9.89. The summed E-state index contributed by atoms with van der Waals surface area (Å²) < 4.78 is 34.5. The normalized spacial score (nSPS) is 17.6. The molecule has 36 heavy (non-hydrogen) atoms. The van der Waals surface area contributed by atoms with Crippen LogP contribution in [0.15, 0.2) is 53.6 Å². The van der Waals surface area contributed by atoms with Crippen LogP contribution >= 0.6 is 0 Å². The van der Waals surface area contributed by atoms with Crippen LogP contribution in [0.2, 0.25) is 0 Å². The van der Waals surface area contributed by atoms with E-state index in [4.69, 9.17) is 10.5 Å². The first-order valence-corrected chi connectivity index (χ1v) is 13.3. The van der Waals surface area contributed by atoms with Crippen molar-refractivity contribution in [3.05, 3.63) is 82.0 Å². The van der Waals surface area contributed by atoms with Gasteiger partial charge in [0.2, 0.25) is 0 Å².